The number of methoxy groups -OCH3 is 2. The molecule has 3 nitrogen and oxygen atoms in total. The highest BCUT2D eigenvalue weighted by molar-refractivity contribution is 5.49. The van der Waals surface area contributed by atoms with Gasteiger partial charge in [-0.05, 0) is 23.3 Å². The first-order chi connectivity index (χ1) is 10.3. The van der Waals surface area contributed by atoms with Crippen LogP contribution in [0.4, 0.5) is 0 Å². The second-order valence-electron chi connectivity index (χ2n) is 5.48. The third kappa shape index (κ3) is 2.88. The molecule has 0 fully saturated rings. The van der Waals surface area contributed by atoms with Gasteiger partial charge in [-0.15, -0.1) is 0 Å². The fourth-order valence-corrected chi connectivity index (χ4v) is 3.13. The Kier molecular flexibility index (Phi) is 4.11. The Balaban J connectivity index is 1.93. The summed E-state index contributed by atoms with van der Waals surface area (Å²) in [7, 11) is 3.39. The Morgan fingerprint density at radius 2 is 1.76 bits per heavy atom. The Morgan fingerprint density at radius 1 is 1.05 bits per heavy atom. The zero-order valence-corrected chi connectivity index (χ0v) is 12.6. The van der Waals surface area contributed by atoms with Crippen LogP contribution in [0.3, 0.4) is 0 Å². The molecule has 1 aliphatic rings. The molecule has 0 unspecified atom stereocenters. The number of ether oxygens (including phenoxy) is 2. The smallest absolute Gasteiger partial charge is 0.161 e. The Bertz CT molecular complexity index is 610. The molecule has 2 aromatic rings. The number of quaternary nitrogens is 1. The maximum Gasteiger partial charge on any atom is 0.161 e. The van der Waals surface area contributed by atoms with Gasteiger partial charge >= 0.3 is 0 Å². The molecular formula is C18H22NO2+. The highest BCUT2D eigenvalue weighted by atomic mass is 16.5. The van der Waals surface area contributed by atoms with E-state index in [0.29, 0.717) is 6.04 Å². The first-order valence-electron chi connectivity index (χ1n) is 7.44. The van der Waals surface area contributed by atoms with Crippen LogP contribution in [0.15, 0.2) is 42.5 Å². The third-order valence-electron chi connectivity index (χ3n) is 4.21. The minimum atomic E-state index is 0.455. The monoisotopic (exact) mass is 284 g/mol. The van der Waals surface area contributed by atoms with Crippen LogP contribution >= 0.6 is 0 Å². The van der Waals surface area contributed by atoms with Crippen LogP contribution in [0.1, 0.15) is 22.7 Å². The maximum absolute atomic E-state index is 5.46. The largest absolute Gasteiger partial charge is 0.493 e. The number of nitrogens with two attached hydrogens (primary N) is 1. The van der Waals surface area contributed by atoms with E-state index in [4.69, 9.17) is 9.47 Å². The van der Waals surface area contributed by atoms with Crippen molar-refractivity contribution in [3.63, 3.8) is 0 Å². The van der Waals surface area contributed by atoms with Crippen molar-refractivity contribution in [3.05, 3.63) is 59.2 Å². The molecular weight excluding hydrogens is 262 g/mol. The zero-order chi connectivity index (χ0) is 14.7. The predicted molar refractivity (Wildman–Crippen MR) is 82.9 cm³/mol. The molecule has 0 spiro atoms. The fraction of sp³-hybridized carbons (Fsp3) is 0.333. The summed E-state index contributed by atoms with van der Waals surface area (Å²) in [6.07, 6.45) is 2.13. The molecule has 110 valence electrons. The second-order valence-corrected chi connectivity index (χ2v) is 5.48. The molecule has 0 bridgehead atoms. The van der Waals surface area contributed by atoms with Crippen LogP contribution in [0.5, 0.6) is 11.5 Å². The SMILES string of the molecule is COc1cc2c(cc1OC)[C@H](Cc1ccccc1)[NH2+]CC2. The van der Waals surface area contributed by atoms with Gasteiger partial charge in [0.1, 0.15) is 6.04 Å². The number of hydrogen-bond donors (Lipinski definition) is 1. The molecule has 2 N–H and O–H groups in total. The van der Waals surface area contributed by atoms with E-state index in [1.807, 2.05) is 0 Å². The molecule has 1 atom stereocenters. The first kappa shape index (κ1) is 14.0. The Hall–Kier alpha value is -2.00. The minimum Gasteiger partial charge on any atom is -0.493 e. The van der Waals surface area contributed by atoms with E-state index in [2.05, 4.69) is 47.8 Å². The van der Waals surface area contributed by atoms with Crippen molar-refractivity contribution in [2.24, 2.45) is 0 Å². The van der Waals surface area contributed by atoms with Gasteiger partial charge in [0.05, 0.1) is 20.8 Å². The average molecular weight is 284 g/mol. The van der Waals surface area contributed by atoms with Gasteiger partial charge in [0.25, 0.3) is 0 Å². The van der Waals surface area contributed by atoms with E-state index in [9.17, 15) is 0 Å². The standard InChI is InChI=1S/C18H21NO2/c1-20-17-11-14-8-9-19-16(15(14)12-18(17)21-2)10-13-6-4-3-5-7-13/h3-7,11-12,16,19H,8-10H2,1-2H3/p+1/t16-/m0/s1. The lowest BCUT2D eigenvalue weighted by molar-refractivity contribution is -0.698. The minimum absolute atomic E-state index is 0.455. The summed E-state index contributed by atoms with van der Waals surface area (Å²) in [4.78, 5) is 0. The van der Waals surface area contributed by atoms with Gasteiger partial charge in [-0.2, -0.15) is 0 Å². The van der Waals surface area contributed by atoms with Crippen LogP contribution in [-0.2, 0) is 12.8 Å². The normalized spacial score (nSPS) is 17.1. The van der Waals surface area contributed by atoms with Gasteiger partial charge in [-0.25, -0.2) is 0 Å². The second kappa shape index (κ2) is 6.19. The Labute approximate surface area is 125 Å². The van der Waals surface area contributed by atoms with E-state index < -0.39 is 0 Å². The topological polar surface area (TPSA) is 35.1 Å². The molecule has 1 heterocycles. The number of benzene rings is 2. The molecule has 0 aromatic heterocycles. The van der Waals surface area contributed by atoms with Gasteiger partial charge in [0.15, 0.2) is 11.5 Å². The molecule has 1 aliphatic heterocycles. The highest BCUT2D eigenvalue weighted by Crippen LogP contribution is 2.34. The molecule has 3 heteroatoms. The highest BCUT2D eigenvalue weighted by Gasteiger charge is 2.25. The number of fused-ring (bicyclic) bond motifs is 1. The lowest BCUT2D eigenvalue weighted by Crippen LogP contribution is -2.87. The molecule has 0 aliphatic carbocycles. The molecule has 3 rings (SSSR count). The van der Waals surface area contributed by atoms with Crippen molar-refractivity contribution in [2.75, 3.05) is 20.8 Å². The zero-order valence-electron chi connectivity index (χ0n) is 12.6. The molecule has 0 amide bonds. The summed E-state index contributed by atoms with van der Waals surface area (Å²) < 4.78 is 10.9. The molecule has 0 radical (unpaired) electrons. The van der Waals surface area contributed by atoms with Crippen molar-refractivity contribution in [2.45, 2.75) is 18.9 Å². The molecule has 21 heavy (non-hydrogen) atoms. The number of rotatable bonds is 4. The van der Waals surface area contributed by atoms with Gasteiger partial charge in [-0.1, -0.05) is 30.3 Å². The van der Waals surface area contributed by atoms with Crippen molar-refractivity contribution in [3.8, 4) is 11.5 Å². The van der Waals surface area contributed by atoms with Crippen molar-refractivity contribution < 1.29 is 14.8 Å². The van der Waals surface area contributed by atoms with E-state index in [0.717, 1.165) is 30.9 Å². The Morgan fingerprint density at radius 3 is 2.48 bits per heavy atom. The van der Waals surface area contributed by atoms with E-state index in [-0.39, 0.29) is 0 Å². The van der Waals surface area contributed by atoms with Crippen LogP contribution in [0, 0.1) is 0 Å². The molecule has 0 saturated heterocycles. The van der Waals surface area contributed by atoms with Gasteiger partial charge in [-0.3, -0.25) is 0 Å². The maximum atomic E-state index is 5.46. The summed E-state index contributed by atoms with van der Waals surface area (Å²) in [6.45, 7) is 1.12. The van der Waals surface area contributed by atoms with E-state index >= 15 is 0 Å². The molecule has 2 aromatic carbocycles. The third-order valence-corrected chi connectivity index (χ3v) is 4.21. The van der Waals surface area contributed by atoms with Crippen molar-refractivity contribution >= 4 is 0 Å². The summed E-state index contributed by atoms with van der Waals surface area (Å²) >= 11 is 0. The first-order valence-corrected chi connectivity index (χ1v) is 7.44. The summed E-state index contributed by atoms with van der Waals surface area (Å²) in [5.74, 6) is 1.65. The van der Waals surface area contributed by atoms with Crippen LogP contribution < -0.4 is 14.8 Å². The lowest BCUT2D eigenvalue weighted by Gasteiger charge is -2.25. The summed E-state index contributed by atoms with van der Waals surface area (Å²) in [6, 6.07) is 15.4. The predicted octanol–water partition coefficient (Wildman–Crippen LogP) is 2.11. The van der Waals surface area contributed by atoms with Crippen molar-refractivity contribution in [1.82, 2.24) is 0 Å². The quantitative estimate of drug-likeness (QED) is 0.933. The van der Waals surface area contributed by atoms with E-state index in [1.165, 1.54) is 16.7 Å². The van der Waals surface area contributed by atoms with E-state index in [1.54, 1.807) is 14.2 Å². The number of hydrogen-bond acceptors (Lipinski definition) is 2. The van der Waals surface area contributed by atoms with Crippen LogP contribution in [0.2, 0.25) is 0 Å². The molecule has 0 saturated carbocycles. The summed E-state index contributed by atoms with van der Waals surface area (Å²) in [5.41, 5.74) is 4.14. The van der Waals surface area contributed by atoms with Crippen molar-refractivity contribution in [1.29, 1.82) is 0 Å². The fourth-order valence-electron chi connectivity index (χ4n) is 3.13. The van der Waals surface area contributed by atoms with Gasteiger partial charge < -0.3 is 14.8 Å². The van der Waals surface area contributed by atoms with Gasteiger partial charge in [0, 0.05) is 18.4 Å². The summed E-state index contributed by atoms with van der Waals surface area (Å²) in [5, 5.41) is 2.43. The van der Waals surface area contributed by atoms with Crippen LogP contribution in [-0.4, -0.2) is 20.8 Å². The average Bonchev–Trinajstić information content (AvgIpc) is 2.55. The van der Waals surface area contributed by atoms with Gasteiger partial charge in [0.2, 0.25) is 0 Å². The van der Waals surface area contributed by atoms with Crippen LogP contribution in [0.25, 0.3) is 0 Å². The lowest BCUT2D eigenvalue weighted by atomic mass is 9.90.